The molecule has 1 aliphatic rings. The molecular weight excluding hydrogens is 416 g/mol. The molecule has 0 aliphatic carbocycles. The summed E-state index contributed by atoms with van der Waals surface area (Å²) in [5.41, 5.74) is 1.80. The quantitative estimate of drug-likeness (QED) is 0.553. The van der Waals surface area contributed by atoms with Crippen molar-refractivity contribution in [3.63, 3.8) is 0 Å². The van der Waals surface area contributed by atoms with E-state index >= 15 is 0 Å². The molecule has 0 spiro atoms. The second kappa shape index (κ2) is 11.0. The first-order chi connectivity index (χ1) is 15.0. The standard InChI is InChI=1S/C24H29ClN2O4/c1-3-4-13-26-24(29)17(2)27(15-19-7-5-6-8-20(19)25)23(28)12-10-18-9-11-21-22(14-18)31-16-30-21/h5-9,11,14,17H,3-4,10,12-13,15-16H2,1-2H3,(H,26,29). The van der Waals surface area contributed by atoms with Crippen LogP contribution in [-0.2, 0) is 22.6 Å². The molecule has 0 fully saturated rings. The summed E-state index contributed by atoms with van der Waals surface area (Å²) in [6, 6.07) is 12.5. The maximum Gasteiger partial charge on any atom is 0.242 e. The number of carbonyl (C=O) groups excluding carboxylic acids is 2. The number of fused-ring (bicyclic) bond motifs is 1. The zero-order valence-corrected chi connectivity index (χ0v) is 18.8. The third-order valence-electron chi connectivity index (χ3n) is 5.36. The number of aryl methyl sites for hydroxylation is 1. The van der Waals surface area contributed by atoms with Crippen molar-refractivity contribution in [1.29, 1.82) is 0 Å². The van der Waals surface area contributed by atoms with Crippen molar-refractivity contribution in [3.8, 4) is 11.5 Å². The summed E-state index contributed by atoms with van der Waals surface area (Å²) in [7, 11) is 0. The minimum absolute atomic E-state index is 0.101. The Morgan fingerprint density at radius 3 is 2.71 bits per heavy atom. The van der Waals surface area contributed by atoms with Crippen molar-refractivity contribution in [2.75, 3.05) is 13.3 Å². The maximum atomic E-state index is 13.2. The zero-order chi connectivity index (χ0) is 22.2. The van der Waals surface area contributed by atoms with Crippen molar-refractivity contribution in [3.05, 3.63) is 58.6 Å². The molecule has 2 aromatic carbocycles. The number of halogens is 1. The number of nitrogens with zero attached hydrogens (tertiary/aromatic N) is 1. The highest BCUT2D eigenvalue weighted by atomic mass is 35.5. The van der Waals surface area contributed by atoms with Crippen LogP contribution >= 0.6 is 11.6 Å². The Balaban J connectivity index is 1.70. The van der Waals surface area contributed by atoms with E-state index in [1.807, 2.05) is 36.4 Å². The predicted molar refractivity (Wildman–Crippen MR) is 120 cm³/mol. The third-order valence-corrected chi connectivity index (χ3v) is 5.73. The highest BCUT2D eigenvalue weighted by Gasteiger charge is 2.26. The third kappa shape index (κ3) is 6.14. The first kappa shape index (κ1) is 22.9. The molecule has 0 radical (unpaired) electrons. The molecule has 6 nitrogen and oxygen atoms in total. The van der Waals surface area contributed by atoms with Gasteiger partial charge in [-0.05, 0) is 49.1 Å². The Kier molecular flexibility index (Phi) is 8.18. The van der Waals surface area contributed by atoms with E-state index in [1.165, 1.54) is 0 Å². The summed E-state index contributed by atoms with van der Waals surface area (Å²) in [5, 5.41) is 3.50. The lowest BCUT2D eigenvalue weighted by Gasteiger charge is -2.29. The molecule has 7 heteroatoms. The largest absolute Gasteiger partial charge is 0.454 e. The van der Waals surface area contributed by atoms with E-state index in [-0.39, 0.29) is 31.6 Å². The van der Waals surface area contributed by atoms with Crippen LogP contribution in [0.1, 0.15) is 44.2 Å². The van der Waals surface area contributed by atoms with Gasteiger partial charge in [0.1, 0.15) is 6.04 Å². The van der Waals surface area contributed by atoms with Crippen molar-refractivity contribution in [2.24, 2.45) is 0 Å². The Bertz CT molecular complexity index is 918. The van der Waals surface area contributed by atoms with Crippen LogP contribution in [-0.4, -0.2) is 36.1 Å². The normalized spacial score (nSPS) is 13.0. The van der Waals surface area contributed by atoms with E-state index in [2.05, 4.69) is 12.2 Å². The fourth-order valence-electron chi connectivity index (χ4n) is 3.42. The fourth-order valence-corrected chi connectivity index (χ4v) is 3.62. The lowest BCUT2D eigenvalue weighted by Crippen LogP contribution is -2.47. The average molecular weight is 445 g/mol. The van der Waals surface area contributed by atoms with Gasteiger partial charge in [-0.3, -0.25) is 9.59 Å². The minimum Gasteiger partial charge on any atom is -0.454 e. The van der Waals surface area contributed by atoms with Gasteiger partial charge in [0.25, 0.3) is 0 Å². The van der Waals surface area contributed by atoms with Crippen molar-refractivity contribution in [1.82, 2.24) is 10.2 Å². The van der Waals surface area contributed by atoms with Crippen LogP contribution in [0, 0.1) is 0 Å². The van der Waals surface area contributed by atoms with Crippen LogP contribution in [0.15, 0.2) is 42.5 Å². The SMILES string of the molecule is CCCCNC(=O)C(C)N(Cc1ccccc1Cl)C(=O)CCc1ccc2c(c1)OCO2. The number of amides is 2. The van der Waals surface area contributed by atoms with Crippen LogP contribution in [0.5, 0.6) is 11.5 Å². The summed E-state index contributed by atoms with van der Waals surface area (Å²) in [6.45, 7) is 4.93. The average Bonchev–Trinajstić information content (AvgIpc) is 3.24. The number of benzene rings is 2. The Hall–Kier alpha value is -2.73. The van der Waals surface area contributed by atoms with Crippen LogP contribution < -0.4 is 14.8 Å². The minimum atomic E-state index is -0.600. The van der Waals surface area contributed by atoms with E-state index in [0.29, 0.717) is 29.5 Å². The molecule has 0 bridgehead atoms. The van der Waals surface area contributed by atoms with Gasteiger partial charge in [-0.1, -0.05) is 49.2 Å². The number of ether oxygens (including phenoxy) is 2. The Morgan fingerprint density at radius 2 is 1.94 bits per heavy atom. The van der Waals surface area contributed by atoms with Crippen LogP contribution in [0.4, 0.5) is 0 Å². The lowest BCUT2D eigenvalue weighted by atomic mass is 10.1. The number of carbonyl (C=O) groups is 2. The molecular formula is C24H29ClN2O4. The van der Waals surface area contributed by atoms with Gasteiger partial charge in [0.15, 0.2) is 11.5 Å². The number of nitrogens with one attached hydrogen (secondary N) is 1. The van der Waals surface area contributed by atoms with Crippen LogP contribution in [0.2, 0.25) is 5.02 Å². The molecule has 2 aromatic rings. The summed E-state index contributed by atoms with van der Waals surface area (Å²) in [4.78, 5) is 27.5. The molecule has 0 saturated heterocycles. The van der Waals surface area contributed by atoms with Gasteiger partial charge in [-0.15, -0.1) is 0 Å². The molecule has 3 rings (SSSR count). The van der Waals surface area contributed by atoms with Crippen LogP contribution in [0.3, 0.4) is 0 Å². The van der Waals surface area contributed by atoms with Gasteiger partial charge in [-0.2, -0.15) is 0 Å². The highest BCUT2D eigenvalue weighted by molar-refractivity contribution is 6.31. The number of hydrogen-bond acceptors (Lipinski definition) is 4. The molecule has 1 unspecified atom stereocenters. The molecule has 31 heavy (non-hydrogen) atoms. The summed E-state index contributed by atoms with van der Waals surface area (Å²) < 4.78 is 10.8. The molecule has 1 N–H and O–H groups in total. The van der Waals surface area contributed by atoms with E-state index in [1.54, 1.807) is 17.9 Å². The molecule has 1 aliphatic heterocycles. The summed E-state index contributed by atoms with van der Waals surface area (Å²) in [5.74, 6) is 1.15. The highest BCUT2D eigenvalue weighted by Crippen LogP contribution is 2.32. The lowest BCUT2D eigenvalue weighted by molar-refractivity contribution is -0.140. The molecule has 1 heterocycles. The van der Waals surface area contributed by atoms with Crippen molar-refractivity contribution < 1.29 is 19.1 Å². The monoisotopic (exact) mass is 444 g/mol. The van der Waals surface area contributed by atoms with Crippen molar-refractivity contribution in [2.45, 2.75) is 52.1 Å². The fraction of sp³-hybridized carbons (Fsp3) is 0.417. The first-order valence-corrected chi connectivity index (χ1v) is 11.1. The topological polar surface area (TPSA) is 67.9 Å². The zero-order valence-electron chi connectivity index (χ0n) is 18.0. The second-order valence-electron chi connectivity index (χ2n) is 7.62. The van der Waals surface area contributed by atoms with Gasteiger partial charge >= 0.3 is 0 Å². The first-order valence-electron chi connectivity index (χ1n) is 10.7. The van der Waals surface area contributed by atoms with Gasteiger partial charge in [-0.25, -0.2) is 0 Å². The Labute approximate surface area is 188 Å². The van der Waals surface area contributed by atoms with Crippen molar-refractivity contribution >= 4 is 23.4 Å². The van der Waals surface area contributed by atoms with Crippen LogP contribution in [0.25, 0.3) is 0 Å². The predicted octanol–water partition coefficient (Wildman–Crippen LogP) is 4.33. The van der Waals surface area contributed by atoms with Gasteiger partial charge in [0, 0.05) is 24.5 Å². The molecule has 0 saturated carbocycles. The molecule has 2 amide bonds. The molecule has 166 valence electrons. The molecule has 0 aromatic heterocycles. The molecule has 1 atom stereocenters. The van der Waals surface area contributed by atoms with Gasteiger partial charge in [0.2, 0.25) is 18.6 Å². The van der Waals surface area contributed by atoms with Gasteiger partial charge in [0.05, 0.1) is 0 Å². The van der Waals surface area contributed by atoms with E-state index in [4.69, 9.17) is 21.1 Å². The summed E-state index contributed by atoms with van der Waals surface area (Å²) in [6.07, 6.45) is 2.71. The number of rotatable bonds is 10. The number of unbranched alkanes of at least 4 members (excludes halogenated alkanes) is 1. The second-order valence-corrected chi connectivity index (χ2v) is 8.03. The Morgan fingerprint density at radius 1 is 1.16 bits per heavy atom. The van der Waals surface area contributed by atoms with E-state index in [0.717, 1.165) is 24.0 Å². The summed E-state index contributed by atoms with van der Waals surface area (Å²) >= 11 is 6.32. The van der Waals surface area contributed by atoms with E-state index in [9.17, 15) is 9.59 Å². The van der Waals surface area contributed by atoms with Gasteiger partial charge < -0.3 is 19.7 Å². The smallest absolute Gasteiger partial charge is 0.242 e. The number of hydrogen-bond donors (Lipinski definition) is 1. The van der Waals surface area contributed by atoms with E-state index < -0.39 is 6.04 Å². The maximum absolute atomic E-state index is 13.2.